The number of fused-ring (bicyclic) bond motifs is 1. The third-order valence-electron chi connectivity index (χ3n) is 3.32. The number of rotatable bonds is 2. The standard InChI is InChI=1S/C14H6Cl2F3N3O2/c15-10-3-8(14(17,18)19)4-11(16)13(10)21-12-5-9(22(23)24)2-1-7(12)6-20-21/h1-6H. The normalized spacial score (nSPS) is 11.9. The van der Waals surface area contributed by atoms with Crippen molar-refractivity contribution in [1.29, 1.82) is 0 Å². The third-order valence-corrected chi connectivity index (χ3v) is 3.90. The fourth-order valence-electron chi connectivity index (χ4n) is 2.23. The first kappa shape index (κ1) is 16.5. The van der Waals surface area contributed by atoms with Crippen molar-refractivity contribution in [3.63, 3.8) is 0 Å². The Labute approximate surface area is 142 Å². The second kappa shape index (κ2) is 5.64. The first-order chi connectivity index (χ1) is 11.2. The molecule has 0 N–H and O–H groups in total. The molecule has 0 amide bonds. The van der Waals surface area contributed by atoms with Crippen molar-refractivity contribution in [2.75, 3.05) is 0 Å². The third kappa shape index (κ3) is 2.78. The molecule has 0 radical (unpaired) electrons. The number of alkyl halides is 3. The Balaban J connectivity index is 2.24. The Bertz CT molecular complexity index is 947. The molecule has 0 bridgehead atoms. The molecule has 3 aromatic rings. The molecule has 0 aliphatic rings. The molecule has 0 fully saturated rings. The molecule has 2 aromatic carbocycles. The highest BCUT2D eigenvalue weighted by Gasteiger charge is 2.32. The van der Waals surface area contributed by atoms with Gasteiger partial charge in [-0.1, -0.05) is 23.2 Å². The molecular formula is C14H6Cl2F3N3O2. The lowest BCUT2D eigenvalue weighted by Crippen LogP contribution is -2.07. The Morgan fingerprint density at radius 2 is 1.75 bits per heavy atom. The molecule has 0 atom stereocenters. The van der Waals surface area contributed by atoms with E-state index < -0.39 is 16.7 Å². The minimum Gasteiger partial charge on any atom is -0.258 e. The topological polar surface area (TPSA) is 61.0 Å². The van der Waals surface area contributed by atoms with Crippen LogP contribution in [0.25, 0.3) is 16.6 Å². The molecule has 124 valence electrons. The van der Waals surface area contributed by atoms with Gasteiger partial charge in [0.15, 0.2) is 0 Å². The minimum absolute atomic E-state index is 0.0156. The number of halogens is 5. The Hall–Kier alpha value is -2.32. The minimum atomic E-state index is -4.60. The largest absolute Gasteiger partial charge is 0.416 e. The van der Waals surface area contributed by atoms with Crippen LogP contribution in [0.3, 0.4) is 0 Å². The van der Waals surface area contributed by atoms with Gasteiger partial charge in [-0.15, -0.1) is 0 Å². The van der Waals surface area contributed by atoms with Crippen LogP contribution in [-0.4, -0.2) is 14.7 Å². The SMILES string of the molecule is O=[N+]([O-])c1ccc2cnn(-c3c(Cl)cc(C(F)(F)F)cc3Cl)c2c1. The summed E-state index contributed by atoms with van der Waals surface area (Å²) in [6.07, 6.45) is -3.19. The number of nitro benzene ring substituents is 1. The van der Waals surface area contributed by atoms with Gasteiger partial charge in [0.1, 0.15) is 5.69 Å². The van der Waals surface area contributed by atoms with Crippen molar-refractivity contribution in [1.82, 2.24) is 9.78 Å². The van der Waals surface area contributed by atoms with Crippen LogP contribution in [0.1, 0.15) is 5.56 Å². The highest BCUT2D eigenvalue weighted by Crippen LogP contribution is 2.38. The molecule has 0 unspecified atom stereocenters. The van der Waals surface area contributed by atoms with Gasteiger partial charge in [0.2, 0.25) is 0 Å². The van der Waals surface area contributed by atoms with Gasteiger partial charge >= 0.3 is 6.18 Å². The zero-order valence-corrected chi connectivity index (χ0v) is 13.0. The summed E-state index contributed by atoms with van der Waals surface area (Å²) in [5.41, 5.74) is -0.873. The summed E-state index contributed by atoms with van der Waals surface area (Å²) < 4.78 is 39.6. The van der Waals surface area contributed by atoms with E-state index >= 15 is 0 Å². The smallest absolute Gasteiger partial charge is 0.258 e. The molecule has 0 aliphatic carbocycles. The molecule has 5 nitrogen and oxygen atoms in total. The van der Waals surface area contributed by atoms with E-state index in [-0.39, 0.29) is 21.4 Å². The van der Waals surface area contributed by atoms with E-state index in [1.165, 1.54) is 29.1 Å². The van der Waals surface area contributed by atoms with E-state index in [4.69, 9.17) is 23.2 Å². The van der Waals surface area contributed by atoms with Gasteiger partial charge in [0, 0.05) is 17.5 Å². The fourth-order valence-corrected chi connectivity index (χ4v) is 2.88. The molecule has 0 saturated carbocycles. The van der Waals surface area contributed by atoms with Gasteiger partial charge in [-0.05, 0) is 18.2 Å². The predicted molar refractivity (Wildman–Crippen MR) is 82.7 cm³/mol. The van der Waals surface area contributed by atoms with Gasteiger partial charge in [-0.2, -0.15) is 18.3 Å². The van der Waals surface area contributed by atoms with Crippen LogP contribution in [0.5, 0.6) is 0 Å². The average Bonchev–Trinajstić information content (AvgIpc) is 2.88. The van der Waals surface area contributed by atoms with Gasteiger partial charge in [0.05, 0.1) is 32.2 Å². The van der Waals surface area contributed by atoms with E-state index in [2.05, 4.69) is 5.10 Å². The molecule has 0 saturated heterocycles. The zero-order chi connectivity index (χ0) is 17.6. The van der Waals surface area contributed by atoms with Crippen LogP contribution in [0.15, 0.2) is 36.5 Å². The number of nitro groups is 1. The lowest BCUT2D eigenvalue weighted by Gasteiger charge is -2.13. The molecule has 24 heavy (non-hydrogen) atoms. The Morgan fingerprint density at radius 3 is 2.29 bits per heavy atom. The predicted octanol–water partition coefficient (Wildman–Crippen LogP) is 5.26. The van der Waals surface area contributed by atoms with Crippen molar-refractivity contribution in [3.05, 3.63) is 62.3 Å². The summed E-state index contributed by atoms with van der Waals surface area (Å²) in [5.74, 6) is 0. The first-order valence-electron chi connectivity index (χ1n) is 6.37. The zero-order valence-electron chi connectivity index (χ0n) is 11.5. The molecule has 10 heteroatoms. The van der Waals surface area contributed by atoms with Crippen LogP contribution in [0.4, 0.5) is 18.9 Å². The first-order valence-corrected chi connectivity index (χ1v) is 7.13. The molecule has 1 heterocycles. The van der Waals surface area contributed by atoms with E-state index in [1.54, 1.807) is 0 Å². The van der Waals surface area contributed by atoms with Gasteiger partial charge in [-0.25, -0.2) is 4.68 Å². The monoisotopic (exact) mass is 375 g/mol. The summed E-state index contributed by atoms with van der Waals surface area (Å²) in [5, 5.41) is 14.9. The quantitative estimate of drug-likeness (QED) is 0.453. The molecule has 0 aliphatic heterocycles. The van der Waals surface area contributed by atoms with Crippen LogP contribution in [0, 0.1) is 10.1 Å². The number of non-ortho nitro benzene ring substituents is 1. The molecular weight excluding hydrogens is 370 g/mol. The van der Waals surface area contributed by atoms with Gasteiger partial charge < -0.3 is 0 Å². The molecule has 3 rings (SSSR count). The van der Waals surface area contributed by atoms with E-state index in [0.717, 1.165) is 12.1 Å². The highest BCUT2D eigenvalue weighted by atomic mass is 35.5. The maximum absolute atomic E-state index is 12.8. The second-order valence-corrected chi connectivity index (χ2v) is 5.66. The van der Waals surface area contributed by atoms with Crippen molar-refractivity contribution in [2.45, 2.75) is 6.18 Å². The van der Waals surface area contributed by atoms with Crippen LogP contribution in [-0.2, 0) is 6.18 Å². The summed E-state index contributed by atoms with van der Waals surface area (Å²) in [7, 11) is 0. The summed E-state index contributed by atoms with van der Waals surface area (Å²) in [4.78, 5) is 10.3. The van der Waals surface area contributed by atoms with E-state index in [9.17, 15) is 23.3 Å². The lowest BCUT2D eigenvalue weighted by atomic mass is 10.2. The van der Waals surface area contributed by atoms with Crippen LogP contribution >= 0.6 is 23.2 Å². The van der Waals surface area contributed by atoms with Crippen LogP contribution < -0.4 is 0 Å². The van der Waals surface area contributed by atoms with Gasteiger partial charge in [0.25, 0.3) is 5.69 Å². The number of benzene rings is 2. The van der Waals surface area contributed by atoms with Crippen molar-refractivity contribution >= 4 is 39.8 Å². The molecule has 1 aromatic heterocycles. The summed E-state index contributed by atoms with van der Waals surface area (Å²) in [6.45, 7) is 0. The number of nitrogens with zero attached hydrogens (tertiary/aromatic N) is 3. The maximum Gasteiger partial charge on any atom is 0.416 e. The Morgan fingerprint density at radius 1 is 1.12 bits per heavy atom. The molecule has 0 spiro atoms. The van der Waals surface area contributed by atoms with E-state index in [0.29, 0.717) is 10.9 Å². The van der Waals surface area contributed by atoms with Crippen molar-refractivity contribution in [2.24, 2.45) is 0 Å². The average molecular weight is 376 g/mol. The van der Waals surface area contributed by atoms with Crippen molar-refractivity contribution in [3.8, 4) is 5.69 Å². The lowest BCUT2D eigenvalue weighted by molar-refractivity contribution is -0.384. The number of hydrogen-bond donors (Lipinski definition) is 0. The summed E-state index contributed by atoms with van der Waals surface area (Å²) in [6, 6.07) is 5.47. The Kier molecular flexibility index (Phi) is 3.89. The summed E-state index contributed by atoms with van der Waals surface area (Å²) >= 11 is 11.9. The van der Waals surface area contributed by atoms with Gasteiger partial charge in [-0.3, -0.25) is 10.1 Å². The van der Waals surface area contributed by atoms with E-state index in [1.807, 2.05) is 0 Å². The fraction of sp³-hybridized carbons (Fsp3) is 0.0714. The highest BCUT2D eigenvalue weighted by molar-refractivity contribution is 6.38. The number of aromatic nitrogens is 2. The second-order valence-electron chi connectivity index (χ2n) is 4.84. The number of hydrogen-bond acceptors (Lipinski definition) is 3. The van der Waals surface area contributed by atoms with Crippen LogP contribution in [0.2, 0.25) is 10.0 Å². The van der Waals surface area contributed by atoms with Crippen molar-refractivity contribution < 1.29 is 18.1 Å². The maximum atomic E-state index is 12.8.